The number of carbonyl (C=O) groups excluding carboxylic acids is 3. The van der Waals surface area contributed by atoms with E-state index in [1.54, 1.807) is 0 Å². The van der Waals surface area contributed by atoms with Gasteiger partial charge in [-0.1, -0.05) is 44.1 Å². The van der Waals surface area contributed by atoms with Crippen molar-refractivity contribution in [2.45, 2.75) is 72.8 Å². The Morgan fingerprint density at radius 3 is 2.47 bits per heavy atom. The first-order valence-electron chi connectivity index (χ1n) is 11.4. The average Bonchev–Trinajstić information content (AvgIpc) is 2.94. The second kappa shape index (κ2) is 8.78. The number of rotatable bonds is 3. The van der Waals surface area contributed by atoms with Crippen molar-refractivity contribution in [3.8, 4) is 0 Å². The van der Waals surface area contributed by atoms with Gasteiger partial charge in [-0.2, -0.15) is 0 Å². The maximum absolute atomic E-state index is 13.8. The lowest BCUT2D eigenvalue weighted by Crippen LogP contribution is -2.52. The molecule has 1 amide bonds. The lowest BCUT2D eigenvalue weighted by molar-refractivity contribution is -0.146. The van der Waals surface area contributed by atoms with Crippen LogP contribution in [0.4, 0.5) is 0 Å². The van der Waals surface area contributed by atoms with Crippen LogP contribution in [0.5, 0.6) is 0 Å². The number of allylic oxidation sites excluding steroid dienone is 4. The lowest BCUT2D eigenvalue weighted by Gasteiger charge is -2.45. The van der Waals surface area contributed by atoms with E-state index in [1.165, 1.54) is 5.57 Å². The molecule has 0 radical (unpaired) electrons. The van der Waals surface area contributed by atoms with Crippen LogP contribution < -0.4 is 5.32 Å². The van der Waals surface area contributed by atoms with Crippen LogP contribution >= 0.6 is 0 Å². The average molecular weight is 416 g/mol. The minimum Gasteiger partial charge on any atom is -0.396 e. The van der Waals surface area contributed by atoms with Crippen molar-refractivity contribution in [3.63, 3.8) is 0 Å². The molecule has 166 valence electrons. The summed E-state index contributed by atoms with van der Waals surface area (Å²) in [5.41, 5.74) is 1.10. The summed E-state index contributed by atoms with van der Waals surface area (Å²) in [7, 11) is 0. The zero-order valence-electron chi connectivity index (χ0n) is 19.0. The Bertz CT molecular complexity index is 780. The number of hydrogen-bond donors (Lipinski definition) is 2. The van der Waals surface area contributed by atoms with Gasteiger partial charge < -0.3 is 10.4 Å². The smallest absolute Gasteiger partial charge is 0.235 e. The SMILES string of the molecule is CC1=C[C@H]2C=C(C)[C@@H](C)[C@H]3[C@H](CC(C)C)NC(=O)[C@@]23C(=O)CCC(=O)C[C@@H](CO)C1. The molecule has 2 N–H and O–H groups in total. The van der Waals surface area contributed by atoms with Gasteiger partial charge in [-0.25, -0.2) is 0 Å². The third-order valence-electron chi connectivity index (χ3n) is 7.54. The van der Waals surface area contributed by atoms with Crippen LogP contribution in [0.1, 0.15) is 66.7 Å². The molecule has 5 heteroatoms. The molecule has 5 nitrogen and oxygen atoms in total. The van der Waals surface area contributed by atoms with E-state index in [9.17, 15) is 19.5 Å². The van der Waals surface area contributed by atoms with E-state index < -0.39 is 5.41 Å². The fourth-order valence-corrected chi connectivity index (χ4v) is 6.12. The van der Waals surface area contributed by atoms with E-state index in [-0.39, 0.29) is 73.1 Å². The third-order valence-corrected chi connectivity index (χ3v) is 7.54. The van der Waals surface area contributed by atoms with Crippen molar-refractivity contribution in [2.24, 2.45) is 35.0 Å². The summed E-state index contributed by atoms with van der Waals surface area (Å²) in [5, 5.41) is 12.9. The van der Waals surface area contributed by atoms with Gasteiger partial charge in [0.05, 0.1) is 0 Å². The summed E-state index contributed by atoms with van der Waals surface area (Å²) in [6.07, 6.45) is 6.14. The van der Waals surface area contributed by atoms with Gasteiger partial charge in [0.1, 0.15) is 17.0 Å². The van der Waals surface area contributed by atoms with E-state index in [0.29, 0.717) is 12.3 Å². The minimum atomic E-state index is -1.14. The largest absolute Gasteiger partial charge is 0.396 e. The molecule has 0 aromatic carbocycles. The molecule has 6 atom stereocenters. The van der Waals surface area contributed by atoms with Gasteiger partial charge in [0.25, 0.3) is 0 Å². The Labute approximate surface area is 180 Å². The number of aliphatic hydroxyl groups excluding tert-OH is 1. The molecule has 1 aliphatic heterocycles. The maximum Gasteiger partial charge on any atom is 0.235 e. The fraction of sp³-hybridized carbons (Fsp3) is 0.720. The highest BCUT2D eigenvalue weighted by Gasteiger charge is 2.65. The molecule has 30 heavy (non-hydrogen) atoms. The number of aliphatic hydroxyl groups is 1. The Morgan fingerprint density at radius 1 is 1.13 bits per heavy atom. The van der Waals surface area contributed by atoms with Gasteiger partial charge in [-0.15, -0.1) is 0 Å². The topological polar surface area (TPSA) is 83.5 Å². The highest BCUT2D eigenvalue weighted by atomic mass is 16.3. The zero-order valence-corrected chi connectivity index (χ0v) is 19.0. The molecule has 1 fully saturated rings. The summed E-state index contributed by atoms with van der Waals surface area (Å²) in [6.45, 7) is 10.4. The molecular weight excluding hydrogens is 378 g/mol. The quantitative estimate of drug-likeness (QED) is 0.545. The summed E-state index contributed by atoms with van der Waals surface area (Å²) < 4.78 is 0. The summed E-state index contributed by atoms with van der Waals surface area (Å²) in [4.78, 5) is 39.8. The number of Topliss-reactive ketones (excluding diaryl/α,β-unsaturated/α-hetero) is 2. The van der Waals surface area contributed by atoms with E-state index in [4.69, 9.17) is 0 Å². The first kappa shape index (κ1) is 22.9. The van der Waals surface area contributed by atoms with Crippen molar-refractivity contribution in [1.29, 1.82) is 0 Å². The number of ketones is 2. The predicted octanol–water partition coefficient (Wildman–Crippen LogP) is 3.61. The Morgan fingerprint density at radius 2 is 1.83 bits per heavy atom. The fourth-order valence-electron chi connectivity index (χ4n) is 6.12. The maximum atomic E-state index is 13.8. The molecule has 0 aromatic heterocycles. The first-order valence-corrected chi connectivity index (χ1v) is 11.4. The minimum absolute atomic E-state index is 0.00526. The van der Waals surface area contributed by atoms with Crippen LogP contribution in [0.25, 0.3) is 0 Å². The van der Waals surface area contributed by atoms with Crippen LogP contribution in [0.3, 0.4) is 0 Å². The molecule has 1 heterocycles. The van der Waals surface area contributed by atoms with E-state index in [2.05, 4.69) is 45.2 Å². The molecule has 0 aromatic rings. The highest BCUT2D eigenvalue weighted by Crippen LogP contribution is 2.55. The molecule has 1 spiro atoms. The van der Waals surface area contributed by atoms with Crippen molar-refractivity contribution in [2.75, 3.05) is 6.61 Å². The number of nitrogens with one attached hydrogen (secondary N) is 1. The number of hydrogen-bond acceptors (Lipinski definition) is 4. The van der Waals surface area contributed by atoms with E-state index in [1.807, 2.05) is 6.92 Å². The second-order valence-corrected chi connectivity index (χ2v) is 10.3. The second-order valence-electron chi connectivity index (χ2n) is 10.3. The zero-order chi connectivity index (χ0) is 22.2. The van der Waals surface area contributed by atoms with Gasteiger partial charge in [0.15, 0.2) is 0 Å². The lowest BCUT2D eigenvalue weighted by atomic mass is 9.54. The summed E-state index contributed by atoms with van der Waals surface area (Å²) in [6, 6.07) is -0.0395. The Hall–Kier alpha value is -1.75. The molecule has 0 unspecified atom stereocenters. The summed E-state index contributed by atoms with van der Waals surface area (Å²) >= 11 is 0. The molecule has 3 aliphatic rings. The van der Waals surface area contributed by atoms with E-state index in [0.717, 1.165) is 12.0 Å². The van der Waals surface area contributed by atoms with Crippen LogP contribution in [0, 0.1) is 35.0 Å². The predicted molar refractivity (Wildman–Crippen MR) is 117 cm³/mol. The summed E-state index contributed by atoms with van der Waals surface area (Å²) in [5.74, 6) is -0.298. The standard InChI is InChI=1S/C25H37NO4/c1-14(2)8-21-23-17(5)16(4)11-19-10-15(3)9-18(13-27)12-20(28)6-7-22(29)25(19,23)24(30)26-21/h10-11,14,17-19,21,23,27H,6-9,12-13H2,1-5H3,(H,26,30)/t17-,18+,19+,21+,23+,25-/m1/s1. The Balaban J connectivity index is 2.16. The molecule has 2 aliphatic carbocycles. The van der Waals surface area contributed by atoms with Gasteiger partial charge >= 0.3 is 0 Å². The van der Waals surface area contributed by atoms with Crippen molar-refractivity contribution in [3.05, 3.63) is 23.3 Å². The van der Waals surface area contributed by atoms with Crippen LogP contribution in [-0.2, 0) is 14.4 Å². The number of carbonyl (C=O) groups is 3. The van der Waals surface area contributed by atoms with Crippen molar-refractivity contribution < 1.29 is 19.5 Å². The molecule has 0 saturated carbocycles. The normalized spacial score (nSPS) is 37.7. The number of amides is 1. The molecule has 0 bridgehead atoms. The van der Waals surface area contributed by atoms with Gasteiger partial charge in [0, 0.05) is 43.7 Å². The third kappa shape index (κ3) is 3.93. The van der Waals surface area contributed by atoms with Gasteiger partial charge in [0.2, 0.25) is 5.91 Å². The monoisotopic (exact) mass is 415 g/mol. The molecule has 1 saturated heterocycles. The van der Waals surface area contributed by atoms with Gasteiger partial charge in [-0.05, 0) is 44.4 Å². The van der Waals surface area contributed by atoms with Crippen LogP contribution in [0.15, 0.2) is 23.3 Å². The van der Waals surface area contributed by atoms with Crippen molar-refractivity contribution >= 4 is 17.5 Å². The van der Waals surface area contributed by atoms with Crippen LogP contribution in [0.2, 0.25) is 0 Å². The van der Waals surface area contributed by atoms with Crippen molar-refractivity contribution in [1.82, 2.24) is 5.32 Å². The first-order chi connectivity index (χ1) is 14.1. The van der Waals surface area contributed by atoms with Crippen LogP contribution in [-0.4, -0.2) is 35.2 Å². The highest BCUT2D eigenvalue weighted by molar-refractivity contribution is 6.10. The van der Waals surface area contributed by atoms with Gasteiger partial charge in [-0.3, -0.25) is 14.4 Å². The van der Waals surface area contributed by atoms with E-state index >= 15 is 0 Å². The molecule has 3 rings (SSSR count). The Kier molecular flexibility index (Phi) is 6.71. The molecular formula is C25H37NO4.